The predicted octanol–water partition coefficient (Wildman–Crippen LogP) is 3.22. The van der Waals surface area contributed by atoms with Crippen LogP contribution in [0.2, 0.25) is 0 Å². The molecular formula is C15H10F3N3O4. The Bertz CT molecular complexity index is 887. The van der Waals surface area contributed by atoms with Crippen LogP contribution in [-0.2, 0) is 4.79 Å². The second-order valence-electron chi connectivity index (χ2n) is 4.86. The molecule has 0 aliphatic heterocycles. The van der Waals surface area contributed by atoms with E-state index >= 15 is 0 Å². The summed E-state index contributed by atoms with van der Waals surface area (Å²) in [5, 5.41) is 15.3. The molecule has 2 N–H and O–H groups in total. The van der Waals surface area contributed by atoms with Gasteiger partial charge in [-0.05, 0) is 18.2 Å². The fourth-order valence-corrected chi connectivity index (χ4v) is 1.96. The number of benzene rings is 2. The fourth-order valence-electron chi connectivity index (χ4n) is 1.96. The lowest BCUT2D eigenvalue weighted by Crippen LogP contribution is -2.16. The topological polar surface area (TPSA) is 101 Å². The summed E-state index contributed by atoms with van der Waals surface area (Å²) >= 11 is 0. The summed E-state index contributed by atoms with van der Waals surface area (Å²) in [6.45, 7) is 1.26. The maximum absolute atomic E-state index is 13.8. The normalized spacial score (nSPS) is 10.2. The molecule has 0 bridgehead atoms. The molecule has 2 amide bonds. The van der Waals surface area contributed by atoms with E-state index in [0.29, 0.717) is 11.8 Å². The third-order valence-corrected chi connectivity index (χ3v) is 3.01. The van der Waals surface area contributed by atoms with E-state index in [0.717, 1.165) is 0 Å². The highest BCUT2D eigenvalue weighted by Crippen LogP contribution is 2.26. The Kier molecular flexibility index (Phi) is 5.01. The van der Waals surface area contributed by atoms with Crippen molar-refractivity contribution in [2.45, 2.75) is 6.92 Å². The molecule has 2 aromatic rings. The number of nitro groups is 1. The monoisotopic (exact) mass is 353 g/mol. The van der Waals surface area contributed by atoms with Crippen LogP contribution in [0, 0.1) is 27.6 Å². The molecule has 2 aromatic carbocycles. The number of halogens is 3. The van der Waals surface area contributed by atoms with Crippen LogP contribution >= 0.6 is 0 Å². The van der Waals surface area contributed by atoms with Gasteiger partial charge in [0.2, 0.25) is 17.5 Å². The smallest absolute Gasteiger partial charge is 0.308 e. The number of nitrogens with zero attached hydrogens (tertiary/aromatic N) is 1. The number of nitro benzene ring substituents is 1. The van der Waals surface area contributed by atoms with Gasteiger partial charge in [0.05, 0.1) is 10.5 Å². The van der Waals surface area contributed by atoms with Crippen LogP contribution in [-0.4, -0.2) is 16.7 Å². The van der Waals surface area contributed by atoms with E-state index in [1.54, 1.807) is 0 Å². The Balaban J connectivity index is 2.36. The van der Waals surface area contributed by atoms with Crippen molar-refractivity contribution in [3.63, 3.8) is 0 Å². The molecule has 0 aromatic heterocycles. The van der Waals surface area contributed by atoms with Crippen molar-refractivity contribution >= 4 is 28.9 Å². The highest BCUT2D eigenvalue weighted by Gasteiger charge is 2.28. The maximum Gasteiger partial charge on any atom is 0.308 e. The molecule has 0 aliphatic carbocycles. The minimum Gasteiger partial charge on any atom is -0.326 e. The molecule has 0 aliphatic rings. The zero-order valence-corrected chi connectivity index (χ0v) is 12.6. The van der Waals surface area contributed by atoms with Crippen molar-refractivity contribution < 1.29 is 27.7 Å². The Morgan fingerprint density at radius 3 is 2.16 bits per heavy atom. The number of amides is 2. The van der Waals surface area contributed by atoms with Gasteiger partial charge in [-0.1, -0.05) is 6.07 Å². The number of hydrogen-bond acceptors (Lipinski definition) is 4. The largest absolute Gasteiger partial charge is 0.326 e. The first-order valence-electron chi connectivity index (χ1n) is 6.71. The number of carbonyl (C=O) groups excluding carboxylic acids is 2. The number of rotatable bonds is 4. The summed E-state index contributed by atoms with van der Waals surface area (Å²) in [7, 11) is 0. The number of nitrogens with one attached hydrogen (secondary N) is 2. The molecular weight excluding hydrogens is 343 g/mol. The molecule has 25 heavy (non-hydrogen) atoms. The first kappa shape index (κ1) is 17.9. The quantitative estimate of drug-likeness (QED) is 0.500. The van der Waals surface area contributed by atoms with Gasteiger partial charge in [-0.25, -0.2) is 8.78 Å². The second kappa shape index (κ2) is 6.99. The molecule has 0 fully saturated rings. The van der Waals surface area contributed by atoms with Crippen LogP contribution in [0.1, 0.15) is 17.3 Å². The first-order valence-corrected chi connectivity index (χ1v) is 6.71. The summed E-state index contributed by atoms with van der Waals surface area (Å²) in [4.78, 5) is 32.4. The second-order valence-corrected chi connectivity index (χ2v) is 4.86. The van der Waals surface area contributed by atoms with Gasteiger partial charge in [0.25, 0.3) is 5.91 Å². The van der Waals surface area contributed by atoms with Crippen molar-refractivity contribution in [2.24, 2.45) is 0 Å². The van der Waals surface area contributed by atoms with Gasteiger partial charge in [-0.3, -0.25) is 19.7 Å². The van der Waals surface area contributed by atoms with Gasteiger partial charge in [0.15, 0.2) is 5.82 Å². The summed E-state index contributed by atoms with van der Waals surface area (Å²) in [6, 6.07) is 5.99. The minimum atomic E-state index is -2.12. The lowest BCUT2D eigenvalue weighted by Gasteiger charge is -2.09. The van der Waals surface area contributed by atoms with Crippen molar-refractivity contribution in [3.05, 3.63) is 63.5 Å². The van der Waals surface area contributed by atoms with Gasteiger partial charge in [0, 0.05) is 24.4 Å². The fraction of sp³-hybridized carbons (Fsp3) is 0.0667. The summed E-state index contributed by atoms with van der Waals surface area (Å²) in [6.07, 6.45) is 0. The van der Waals surface area contributed by atoms with Crippen LogP contribution < -0.4 is 10.6 Å². The molecule has 0 saturated carbocycles. The van der Waals surface area contributed by atoms with E-state index in [-0.39, 0.29) is 11.6 Å². The molecule has 7 nitrogen and oxygen atoms in total. The molecule has 2 rings (SSSR count). The maximum atomic E-state index is 13.8. The summed E-state index contributed by atoms with van der Waals surface area (Å²) in [5.74, 6) is -7.55. The highest BCUT2D eigenvalue weighted by atomic mass is 19.2. The molecule has 0 unspecified atom stereocenters. The van der Waals surface area contributed by atoms with Crippen molar-refractivity contribution in [3.8, 4) is 0 Å². The molecule has 0 radical (unpaired) electrons. The average molecular weight is 353 g/mol. The summed E-state index contributed by atoms with van der Waals surface area (Å²) < 4.78 is 40.5. The number of hydrogen-bond donors (Lipinski definition) is 2. The zero-order chi connectivity index (χ0) is 18.7. The summed E-state index contributed by atoms with van der Waals surface area (Å²) in [5.41, 5.74) is -1.98. The molecule has 0 saturated heterocycles. The van der Waals surface area contributed by atoms with Crippen LogP contribution in [0.15, 0.2) is 30.3 Å². The zero-order valence-electron chi connectivity index (χ0n) is 12.6. The van der Waals surface area contributed by atoms with E-state index in [1.165, 1.54) is 31.2 Å². The Morgan fingerprint density at radius 1 is 1.00 bits per heavy atom. The SMILES string of the molecule is CC(=O)Nc1cccc(NC(=O)c2cc([N+](=O)[O-])c(F)c(F)c2F)c1. The minimum absolute atomic E-state index is 0.100. The van der Waals surface area contributed by atoms with Gasteiger partial charge < -0.3 is 10.6 Å². The van der Waals surface area contributed by atoms with Crippen LogP contribution in [0.4, 0.5) is 30.2 Å². The predicted molar refractivity (Wildman–Crippen MR) is 81.7 cm³/mol. The van der Waals surface area contributed by atoms with Gasteiger partial charge in [-0.15, -0.1) is 0 Å². The molecule has 0 spiro atoms. The molecule has 10 heteroatoms. The first-order chi connectivity index (χ1) is 11.7. The molecule has 0 heterocycles. The van der Waals surface area contributed by atoms with Gasteiger partial charge >= 0.3 is 5.69 Å². The third-order valence-electron chi connectivity index (χ3n) is 3.01. The van der Waals surface area contributed by atoms with E-state index < -0.39 is 39.5 Å². The highest BCUT2D eigenvalue weighted by molar-refractivity contribution is 6.05. The van der Waals surface area contributed by atoms with E-state index in [9.17, 15) is 32.9 Å². The number of carbonyl (C=O) groups is 2. The van der Waals surface area contributed by atoms with E-state index in [4.69, 9.17) is 0 Å². The average Bonchev–Trinajstić information content (AvgIpc) is 2.52. The molecule has 0 atom stereocenters. The molecule has 130 valence electrons. The third kappa shape index (κ3) is 3.91. The van der Waals surface area contributed by atoms with Crippen molar-refractivity contribution in [1.29, 1.82) is 0 Å². The Morgan fingerprint density at radius 2 is 1.60 bits per heavy atom. The van der Waals surface area contributed by atoms with Crippen molar-refractivity contribution in [1.82, 2.24) is 0 Å². The van der Waals surface area contributed by atoms with Crippen LogP contribution in [0.3, 0.4) is 0 Å². The van der Waals surface area contributed by atoms with Crippen LogP contribution in [0.5, 0.6) is 0 Å². The van der Waals surface area contributed by atoms with Gasteiger partial charge in [0.1, 0.15) is 0 Å². The number of anilines is 2. The standard InChI is InChI=1S/C15H10F3N3O4/c1-7(22)19-8-3-2-4-9(5-8)20-15(23)10-6-11(21(24)25)13(17)14(18)12(10)16/h2-6H,1H3,(H,19,22)(H,20,23). The van der Waals surface area contributed by atoms with Gasteiger partial charge in [-0.2, -0.15) is 4.39 Å². The van der Waals surface area contributed by atoms with E-state index in [1.807, 2.05) is 0 Å². The lowest BCUT2D eigenvalue weighted by atomic mass is 10.1. The lowest BCUT2D eigenvalue weighted by molar-refractivity contribution is -0.387. The Labute approximate surface area is 138 Å². The Hall–Kier alpha value is -3.43. The van der Waals surface area contributed by atoms with Crippen molar-refractivity contribution in [2.75, 3.05) is 10.6 Å². The van der Waals surface area contributed by atoms with Crippen LogP contribution in [0.25, 0.3) is 0 Å². The van der Waals surface area contributed by atoms with E-state index in [2.05, 4.69) is 10.6 Å².